The maximum atomic E-state index is 12.4. The molecular weight excluding hydrogens is 333 g/mol. The number of anilines is 1. The van der Waals surface area contributed by atoms with Crippen LogP contribution in [0.2, 0.25) is 0 Å². The third-order valence-corrected chi connectivity index (χ3v) is 4.90. The number of nitrogens with one attached hydrogen (secondary N) is 1. The van der Waals surface area contributed by atoms with Crippen molar-refractivity contribution in [1.29, 1.82) is 0 Å². The Hall–Kier alpha value is -0.970. The van der Waals surface area contributed by atoms with Gasteiger partial charge in [-0.15, -0.1) is 24.8 Å². The van der Waals surface area contributed by atoms with Crippen molar-refractivity contribution in [3.05, 3.63) is 30.3 Å². The zero-order valence-electron chi connectivity index (χ0n) is 13.6. The fourth-order valence-electron chi connectivity index (χ4n) is 3.47. The summed E-state index contributed by atoms with van der Waals surface area (Å²) in [4.78, 5) is 16.9. The van der Waals surface area contributed by atoms with E-state index in [0.29, 0.717) is 11.9 Å². The number of benzene rings is 1. The largest absolute Gasteiger partial charge is 0.371 e. The molecule has 2 fully saturated rings. The molecule has 0 spiro atoms. The summed E-state index contributed by atoms with van der Waals surface area (Å²) in [7, 11) is 2.17. The van der Waals surface area contributed by atoms with Crippen LogP contribution >= 0.6 is 24.8 Å². The number of hydrogen-bond acceptors (Lipinski definition) is 3. The van der Waals surface area contributed by atoms with Gasteiger partial charge in [0.1, 0.15) is 0 Å². The number of nitrogens with zero attached hydrogens (tertiary/aromatic N) is 2. The Kier molecular flexibility index (Phi) is 8.17. The summed E-state index contributed by atoms with van der Waals surface area (Å²) in [6, 6.07) is 11.1. The van der Waals surface area contributed by atoms with Gasteiger partial charge in [0.2, 0.25) is 5.91 Å². The second kappa shape index (κ2) is 9.36. The molecule has 4 nitrogen and oxygen atoms in total. The van der Waals surface area contributed by atoms with Gasteiger partial charge in [-0.25, -0.2) is 0 Å². The van der Waals surface area contributed by atoms with Crippen LogP contribution in [0, 0.1) is 5.92 Å². The molecule has 0 aromatic heterocycles. The quantitative estimate of drug-likeness (QED) is 0.900. The van der Waals surface area contributed by atoms with E-state index in [1.54, 1.807) is 0 Å². The van der Waals surface area contributed by atoms with Gasteiger partial charge < -0.3 is 15.1 Å². The first kappa shape index (κ1) is 20.1. The summed E-state index contributed by atoms with van der Waals surface area (Å²) in [6.07, 6.45) is 3.14. The molecule has 1 amide bonds. The normalized spacial score (nSPS) is 21.3. The average Bonchev–Trinajstić information content (AvgIpc) is 3.09. The van der Waals surface area contributed by atoms with Gasteiger partial charge in [0.05, 0.1) is 5.92 Å². The second-order valence-electron chi connectivity index (χ2n) is 6.19. The van der Waals surface area contributed by atoms with Crippen molar-refractivity contribution in [2.75, 3.05) is 38.1 Å². The van der Waals surface area contributed by atoms with E-state index < -0.39 is 0 Å². The number of likely N-dealkylation sites (tertiary alicyclic amines) is 1. The highest BCUT2D eigenvalue weighted by molar-refractivity contribution is 5.85. The molecule has 1 aromatic carbocycles. The van der Waals surface area contributed by atoms with Crippen molar-refractivity contribution in [3.63, 3.8) is 0 Å². The van der Waals surface area contributed by atoms with Crippen LogP contribution in [0.15, 0.2) is 30.3 Å². The van der Waals surface area contributed by atoms with Crippen LogP contribution in [-0.4, -0.2) is 50.1 Å². The van der Waals surface area contributed by atoms with Crippen LogP contribution in [-0.2, 0) is 4.79 Å². The second-order valence-corrected chi connectivity index (χ2v) is 6.19. The summed E-state index contributed by atoms with van der Waals surface area (Å²) in [5.41, 5.74) is 1.27. The maximum Gasteiger partial charge on any atom is 0.227 e. The van der Waals surface area contributed by atoms with Gasteiger partial charge in [-0.3, -0.25) is 4.79 Å². The van der Waals surface area contributed by atoms with E-state index in [-0.39, 0.29) is 30.7 Å². The molecule has 1 aromatic rings. The van der Waals surface area contributed by atoms with Gasteiger partial charge in [-0.2, -0.15) is 0 Å². The van der Waals surface area contributed by atoms with Gasteiger partial charge in [0, 0.05) is 38.4 Å². The zero-order chi connectivity index (χ0) is 14.7. The molecule has 2 heterocycles. The van der Waals surface area contributed by atoms with Crippen LogP contribution in [0.25, 0.3) is 0 Å². The smallest absolute Gasteiger partial charge is 0.227 e. The molecule has 23 heavy (non-hydrogen) atoms. The Morgan fingerprint density at radius 3 is 2.35 bits per heavy atom. The molecule has 0 radical (unpaired) electrons. The minimum Gasteiger partial charge on any atom is -0.371 e. The van der Waals surface area contributed by atoms with E-state index >= 15 is 0 Å². The third-order valence-electron chi connectivity index (χ3n) is 4.90. The molecule has 1 unspecified atom stereocenters. The van der Waals surface area contributed by atoms with E-state index in [1.807, 2.05) is 6.07 Å². The lowest BCUT2D eigenvalue weighted by Gasteiger charge is -2.38. The minimum atomic E-state index is 0. The van der Waals surface area contributed by atoms with Crippen molar-refractivity contribution in [1.82, 2.24) is 10.2 Å². The number of hydrogen-bond donors (Lipinski definition) is 1. The minimum absolute atomic E-state index is 0. The molecule has 1 atom stereocenters. The van der Waals surface area contributed by atoms with Gasteiger partial charge in [0.25, 0.3) is 0 Å². The predicted octanol–water partition coefficient (Wildman–Crippen LogP) is 2.57. The predicted molar refractivity (Wildman–Crippen MR) is 99.9 cm³/mol. The summed E-state index contributed by atoms with van der Waals surface area (Å²) in [5, 5.41) is 3.29. The Bertz CT molecular complexity index is 472. The van der Waals surface area contributed by atoms with E-state index in [4.69, 9.17) is 0 Å². The highest BCUT2D eigenvalue weighted by Crippen LogP contribution is 2.23. The standard InChI is InChI=1S/C17H25N3O.2ClH/c1-19(15-5-3-2-4-6-15)16-8-11-20(12-9-16)17(21)14-7-10-18-13-14;;/h2-6,14,16,18H,7-13H2,1H3;2*1H. The highest BCUT2D eigenvalue weighted by Gasteiger charge is 2.30. The molecule has 0 saturated carbocycles. The van der Waals surface area contributed by atoms with Crippen LogP contribution < -0.4 is 10.2 Å². The number of amides is 1. The molecule has 2 aliphatic rings. The number of piperidine rings is 1. The van der Waals surface area contributed by atoms with Crippen LogP contribution in [0.1, 0.15) is 19.3 Å². The first-order valence-corrected chi connectivity index (χ1v) is 8.03. The molecule has 3 rings (SSSR count). The maximum absolute atomic E-state index is 12.4. The van der Waals surface area contributed by atoms with Gasteiger partial charge in [-0.05, 0) is 37.9 Å². The van der Waals surface area contributed by atoms with Gasteiger partial charge >= 0.3 is 0 Å². The molecule has 2 saturated heterocycles. The third kappa shape index (κ3) is 4.75. The molecule has 0 bridgehead atoms. The van der Waals surface area contributed by atoms with Crippen molar-refractivity contribution >= 4 is 36.4 Å². The summed E-state index contributed by atoms with van der Waals surface area (Å²) < 4.78 is 0. The van der Waals surface area contributed by atoms with E-state index in [1.165, 1.54) is 5.69 Å². The van der Waals surface area contributed by atoms with Crippen molar-refractivity contribution in [2.45, 2.75) is 25.3 Å². The lowest BCUT2D eigenvalue weighted by Crippen LogP contribution is -2.47. The Balaban J connectivity index is 0.00000132. The lowest BCUT2D eigenvalue weighted by atomic mass is 10.00. The Morgan fingerprint density at radius 1 is 1.13 bits per heavy atom. The topological polar surface area (TPSA) is 35.6 Å². The van der Waals surface area contributed by atoms with E-state index in [0.717, 1.165) is 45.4 Å². The summed E-state index contributed by atoms with van der Waals surface area (Å²) >= 11 is 0. The number of rotatable bonds is 3. The first-order valence-electron chi connectivity index (χ1n) is 8.03. The average molecular weight is 360 g/mol. The molecule has 1 N–H and O–H groups in total. The fourth-order valence-corrected chi connectivity index (χ4v) is 3.47. The van der Waals surface area contributed by atoms with Crippen LogP contribution in [0.5, 0.6) is 0 Å². The molecular formula is C17H27Cl2N3O. The van der Waals surface area contributed by atoms with Gasteiger partial charge in [0.15, 0.2) is 0 Å². The van der Waals surface area contributed by atoms with E-state index in [2.05, 4.69) is 46.4 Å². The number of para-hydroxylation sites is 1. The lowest BCUT2D eigenvalue weighted by molar-refractivity contribution is -0.135. The molecule has 130 valence electrons. The molecule has 6 heteroatoms. The zero-order valence-corrected chi connectivity index (χ0v) is 15.2. The number of carbonyl (C=O) groups excluding carboxylic acids is 1. The summed E-state index contributed by atoms with van der Waals surface area (Å²) in [5.74, 6) is 0.578. The fraction of sp³-hybridized carbons (Fsp3) is 0.588. The van der Waals surface area contributed by atoms with Crippen LogP contribution in [0.4, 0.5) is 5.69 Å². The Morgan fingerprint density at radius 2 is 1.78 bits per heavy atom. The SMILES string of the molecule is CN(c1ccccc1)C1CCN(C(=O)C2CCNC2)CC1.Cl.Cl. The van der Waals surface area contributed by atoms with Crippen molar-refractivity contribution < 1.29 is 4.79 Å². The van der Waals surface area contributed by atoms with Crippen LogP contribution in [0.3, 0.4) is 0 Å². The van der Waals surface area contributed by atoms with Crippen molar-refractivity contribution in [2.24, 2.45) is 5.92 Å². The van der Waals surface area contributed by atoms with Gasteiger partial charge in [-0.1, -0.05) is 18.2 Å². The molecule has 2 aliphatic heterocycles. The monoisotopic (exact) mass is 359 g/mol. The Labute approximate surface area is 151 Å². The highest BCUT2D eigenvalue weighted by atomic mass is 35.5. The molecule has 0 aliphatic carbocycles. The number of carbonyl (C=O) groups is 1. The van der Waals surface area contributed by atoms with E-state index in [9.17, 15) is 4.79 Å². The van der Waals surface area contributed by atoms with Crippen molar-refractivity contribution in [3.8, 4) is 0 Å². The first-order chi connectivity index (χ1) is 10.3. The summed E-state index contributed by atoms with van der Waals surface area (Å²) in [6.45, 7) is 3.65. The number of halogens is 2.